The lowest BCUT2D eigenvalue weighted by Gasteiger charge is -2.31. The van der Waals surface area contributed by atoms with Gasteiger partial charge in [-0.2, -0.15) is 11.1 Å². The van der Waals surface area contributed by atoms with Crippen molar-refractivity contribution in [3.63, 3.8) is 0 Å². The molecule has 2 heteroatoms. The topological polar surface area (TPSA) is 0 Å². The number of halogens is 1. The van der Waals surface area contributed by atoms with E-state index in [1.807, 2.05) is 0 Å². The van der Waals surface area contributed by atoms with Gasteiger partial charge in [-0.05, 0) is 46.1 Å². The molecule has 2 aliphatic carbocycles. The van der Waals surface area contributed by atoms with Crippen molar-refractivity contribution in [2.24, 2.45) is 11.8 Å². The van der Waals surface area contributed by atoms with Crippen molar-refractivity contribution < 1.29 is 0 Å². The Balaban J connectivity index is 2.52. The van der Waals surface area contributed by atoms with E-state index in [9.17, 15) is 0 Å². The summed E-state index contributed by atoms with van der Waals surface area (Å²) in [4.78, 5) is 0. The van der Waals surface area contributed by atoms with Gasteiger partial charge in [0.05, 0.1) is 0 Å². The van der Waals surface area contributed by atoms with E-state index in [4.69, 9.17) is 11.1 Å². The monoisotopic (exact) mass is 292 g/mol. The molecule has 104 valence electrons. The second-order valence-electron chi connectivity index (χ2n) is 6.36. The molecule has 2 rings (SSSR count). The predicted octanol–water partition coefficient (Wildman–Crippen LogP) is 5.70. The fourth-order valence-corrected chi connectivity index (χ4v) is 9.83. The van der Waals surface area contributed by atoms with Crippen molar-refractivity contribution in [1.29, 1.82) is 0 Å². The first-order valence-corrected chi connectivity index (χ1v) is 10.7. The lowest BCUT2D eigenvalue weighted by atomic mass is 10.2. The molecule has 0 bridgehead atoms. The summed E-state index contributed by atoms with van der Waals surface area (Å²) in [5, 5.41) is 3.05. The minimum atomic E-state index is -2.05. The minimum Gasteiger partial charge on any atom is -0.156 e. The molecule has 2 unspecified atom stereocenters. The Morgan fingerprint density at radius 1 is 0.842 bits per heavy atom. The Kier molecular flexibility index (Phi) is 3.74. The molecule has 0 aromatic carbocycles. The van der Waals surface area contributed by atoms with Crippen molar-refractivity contribution >= 4 is 18.5 Å². The van der Waals surface area contributed by atoms with E-state index in [-0.39, 0.29) is 0 Å². The highest BCUT2D eigenvalue weighted by Gasteiger charge is 2.43. The van der Waals surface area contributed by atoms with Crippen LogP contribution in [0, 0.1) is 11.8 Å². The summed E-state index contributed by atoms with van der Waals surface area (Å²) in [5.74, 6) is 1.00. The average Bonchev–Trinajstić information content (AvgIpc) is 2.66. The summed E-state index contributed by atoms with van der Waals surface area (Å²) in [6.07, 6.45) is 4.74. The second-order valence-corrected chi connectivity index (χ2v) is 11.7. The molecule has 0 spiro atoms. The van der Waals surface area contributed by atoms with Gasteiger partial charge in [-0.15, -0.1) is 0 Å². The second kappa shape index (κ2) is 4.78. The van der Waals surface area contributed by atoms with Crippen LogP contribution < -0.4 is 0 Å². The van der Waals surface area contributed by atoms with E-state index in [1.54, 1.807) is 0 Å². The van der Waals surface area contributed by atoms with Gasteiger partial charge in [0.15, 0.2) is 0 Å². The molecular weight excluding hydrogens is 268 g/mol. The van der Waals surface area contributed by atoms with Crippen molar-refractivity contribution in [2.45, 2.75) is 48.1 Å². The Hall–Kier alpha value is -0.533. The Morgan fingerprint density at radius 2 is 1.16 bits per heavy atom. The standard InChI is InChI=1S/C17H25ClSi/c1-10-8-12(3)16(14(10)5)19(7,18)17-13(4)9-11(2)15(17)6/h8-9,12-13H,1-7H3. The first kappa shape index (κ1) is 14.9. The van der Waals surface area contributed by atoms with E-state index in [2.05, 4.69) is 60.2 Å². The normalized spacial score (nSPS) is 30.7. The molecule has 0 aromatic rings. The largest absolute Gasteiger partial charge is 0.208 e. The van der Waals surface area contributed by atoms with Crippen LogP contribution in [-0.4, -0.2) is 7.38 Å². The van der Waals surface area contributed by atoms with Gasteiger partial charge in [0.1, 0.15) is 0 Å². The quantitative estimate of drug-likeness (QED) is 0.452. The highest BCUT2D eigenvalue weighted by atomic mass is 35.6. The highest BCUT2D eigenvalue weighted by Crippen LogP contribution is 2.47. The summed E-state index contributed by atoms with van der Waals surface area (Å²) < 4.78 is 0. The van der Waals surface area contributed by atoms with E-state index in [0.29, 0.717) is 11.8 Å². The maximum atomic E-state index is 7.22. The lowest BCUT2D eigenvalue weighted by Crippen LogP contribution is -2.35. The molecule has 0 saturated heterocycles. The minimum absolute atomic E-state index is 0.502. The Bertz CT molecular complexity index is 496. The predicted molar refractivity (Wildman–Crippen MR) is 88.7 cm³/mol. The van der Waals surface area contributed by atoms with Gasteiger partial charge in [-0.25, -0.2) is 0 Å². The molecule has 19 heavy (non-hydrogen) atoms. The van der Waals surface area contributed by atoms with Crippen LogP contribution in [-0.2, 0) is 0 Å². The fourth-order valence-electron chi connectivity index (χ4n) is 3.98. The summed E-state index contributed by atoms with van der Waals surface area (Å²) in [6.45, 7) is 15.8. The lowest BCUT2D eigenvalue weighted by molar-refractivity contribution is 0.894. The maximum Gasteiger partial charge on any atom is 0.208 e. The van der Waals surface area contributed by atoms with Crippen molar-refractivity contribution in [3.8, 4) is 0 Å². The van der Waals surface area contributed by atoms with Crippen LogP contribution in [0.2, 0.25) is 6.55 Å². The van der Waals surface area contributed by atoms with Crippen LogP contribution in [0.1, 0.15) is 41.5 Å². The Labute approximate surface area is 123 Å². The molecule has 0 aliphatic heterocycles. The van der Waals surface area contributed by atoms with Gasteiger partial charge in [0.2, 0.25) is 7.38 Å². The van der Waals surface area contributed by atoms with Gasteiger partial charge in [-0.1, -0.05) is 58.7 Å². The molecule has 0 radical (unpaired) electrons. The van der Waals surface area contributed by atoms with Gasteiger partial charge in [0.25, 0.3) is 0 Å². The molecule has 0 amide bonds. The van der Waals surface area contributed by atoms with Crippen LogP contribution in [0.3, 0.4) is 0 Å². The van der Waals surface area contributed by atoms with Crippen LogP contribution in [0.5, 0.6) is 0 Å². The maximum absolute atomic E-state index is 7.22. The number of hydrogen-bond acceptors (Lipinski definition) is 0. The molecule has 0 nitrogen and oxygen atoms in total. The number of hydrogen-bond donors (Lipinski definition) is 0. The number of rotatable bonds is 2. The van der Waals surface area contributed by atoms with Crippen molar-refractivity contribution in [2.75, 3.05) is 0 Å². The van der Waals surface area contributed by atoms with Crippen molar-refractivity contribution in [1.82, 2.24) is 0 Å². The van der Waals surface area contributed by atoms with Crippen LogP contribution >= 0.6 is 11.1 Å². The summed E-state index contributed by atoms with van der Waals surface area (Å²) in [7, 11) is -2.05. The third-order valence-corrected chi connectivity index (χ3v) is 9.82. The molecule has 0 saturated carbocycles. The molecule has 0 N–H and O–H groups in total. The molecule has 0 heterocycles. The zero-order valence-electron chi connectivity index (χ0n) is 13.2. The summed E-state index contributed by atoms with van der Waals surface area (Å²) >= 11 is 7.22. The van der Waals surface area contributed by atoms with Gasteiger partial charge >= 0.3 is 0 Å². The molecule has 0 aromatic heterocycles. The van der Waals surface area contributed by atoms with E-state index in [1.165, 1.54) is 32.7 Å². The molecular formula is C17H25ClSi. The van der Waals surface area contributed by atoms with Gasteiger partial charge < -0.3 is 0 Å². The van der Waals surface area contributed by atoms with Gasteiger partial charge in [-0.3, -0.25) is 0 Å². The third kappa shape index (κ3) is 2.21. The van der Waals surface area contributed by atoms with Crippen molar-refractivity contribution in [3.05, 3.63) is 44.8 Å². The average molecular weight is 293 g/mol. The highest BCUT2D eigenvalue weighted by molar-refractivity contribution is 7.27. The fraction of sp³-hybridized carbons (Fsp3) is 0.529. The first-order valence-electron chi connectivity index (χ1n) is 7.17. The van der Waals surface area contributed by atoms with Crippen LogP contribution in [0.25, 0.3) is 0 Å². The smallest absolute Gasteiger partial charge is 0.156 e. The zero-order valence-corrected chi connectivity index (χ0v) is 14.9. The first-order chi connectivity index (χ1) is 8.67. The molecule has 2 aliphatic rings. The van der Waals surface area contributed by atoms with Crippen LogP contribution in [0.4, 0.5) is 0 Å². The third-order valence-electron chi connectivity index (χ3n) is 4.91. The summed E-state index contributed by atoms with van der Waals surface area (Å²) in [5.41, 5.74) is 5.70. The van der Waals surface area contributed by atoms with E-state index in [0.717, 1.165) is 0 Å². The summed E-state index contributed by atoms with van der Waals surface area (Å²) in [6, 6.07) is 0. The Morgan fingerprint density at radius 3 is 1.37 bits per heavy atom. The number of allylic oxidation sites excluding steroid dienone is 8. The van der Waals surface area contributed by atoms with Gasteiger partial charge in [0, 0.05) is 0 Å². The SMILES string of the molecule is CC1=CC(C)C([Si](C)(Cl)C2=C(C)C(C)=CC2C)=C1C. The van der Waals surface area contributed by atoms with E-state index >= 15 is 0 Å². The molecule has 0 fully saturated rings. The van der Waals surface area contributed by atoms with Crippen LogP contribution in [0.15, 0.2) is 44.8 Å². The molecule has 2 atom stereocenters. The van der Waals surface area contributed by atoms with E-state index < -0.39 is 7.38 Å². The zero-order chi connectivity index (χ0) is 14.5.